The Morgan fingerprint density at radius 3 is 2.16 bits per heavy atom. The third-order valence-electron chi connectivity index (χ3n) is 5.74. The van der Waals surface area contributed by atoms with Gasteiger partial charge in [-0.05, 0) is 52.5 Å². The highest BCUT2D eigenvalue weighted by atomic mass is 16.6. The molecule has 2 unspecified atom stereocenters. The third-order valence-corrected chi connectivity index (χ3v) is 5.74. The van der Waals surface area contributed by atoms with Gasteiger partial charge in [0.2, 0.25) is 17.7 Å². The molecule has 0 spiro atoms. The number of ether oxygens (including phenoxy) is 1. The summed E-state index contributed by atoms with van der Waals surface area (Å²) in [4.78, 5) is 53.1. The van der Waals surface area contributed by atoms with Gasteiger partial charge in [0.05, 0.1) is 0 Å². The Hall–Kier alpha value is -3.10. The fraction of sp³-hybridized carbons (Fsp3) is 0.643. The van der Waals surface area contributed by atoms with Crippen molar-refractivity contribution >= 4 is 23.8 Å². The summed E-state index contributed by atoms with van der Waals surface area (Å²) < 4.78 is 5.35. The molecule has 9 nitrogen and oxygen atoms in total. The summed E-state index contributed by atoms with van der Waals surface area (Å²) >= 11 is 0. The molecule has 1 aromatic carbocycles. The number of rotatable bonds is 15. The van der Waals surface area contributed by atoms with Gasteiger partial charge in [0.15, 0.2) is 0 Å². The highest BCUT2D eigenvalue weighted by Crippen LogP contribution is 2.24. The van der Waals surface area contributed by atoms with Crippen LogP contribution in [0.2, 0.25) is 0 Å². The Labute approximate surface area is 221 Å². The van der Waals surface area contributed by atoms with Crippen molar-refractivity contribution in [1.82, 2.24) is 15.5 Å². The fourth-order valence-electron chi connectivity index (χ4n) is 3.79. The van der Waals surface area contributed by atoms with Gasteiger partial charge in [0.25, 0.3) is 0 Å². The molecule has 0 aliphatic heterocycles. The van der Waals surface area contributed by atoms with E-state index >= 15 is 0 Å². The lowest BCUT2D eigenvalue weighted by molar-refractivity contribution is -0.142. The summed E-state index contributed by atoms with van der Waals surface area (Å²) in [5, 5.41) is 5.59. The maximum absolute atomic E-state index is 13.9. The summed E-state index contributed by atoms with van der Waals surface area (Å²) in [7, 11) is 0. The number of amides is 4. The van der Waals surface area contributed by atoms with Gasteiger partial charge in [0, 0.05) is 19.5 Å². The van der Waals surface area contributed by atoms with Gasteiger partial charge in [0.1, 0.15) is 17.7 Å². The Morgan fingerprint density at radius 2 is 1.62 bits per heavy atom. The Kier molecular flexibility index (Phi) is 13.7. The summed E-state index contributed by atoms with van der Waals surface area (Å²) in [5.74, 6) is -1.34. The van der Waals surface area contributed by atoms with E-state index in [-0.39, 0.29) is 18.7 Å². The molecule has 208 valence electrons. The second-order valence-corrected chi connectivity index (χ2v) is 10.4. The predicted octanol–water partition coefficient (Wildman–Crippen LogP) is 4.13. The van der Waals surface area contributed by atoms with Crippen LogP contribution in [0.15, 0.2) is 24.3 Å². The number of benzene rings is 1. The van der Waals surface area contributed by atoms with Crippen molar-refractivity contribution in [3.8, 4) is 0 Å². The van der Waals surface area contributed by atoms with Crippen molar-refractivity contribution in [2.75, 3.05) is 13.1 Å². The van der Waals surface area contributed by atoms with E-state index in [2.05, 4.69) is 17.6 Å². The van der Waals surface area contributed by atoms with Gasteiger partial charge in [-0.1, -0.05) is 62.9 Å². The lowest BCUT2D eigenvalue weighted by atomic mass is 10.00. The van der Waals surface area contributed by atoms with Crippen LogP contribution in [0.5, 0.6) is 0 Å². The quantitative estimate of drug-likeness (QED) is 0.301. The number of unbranched alkanes of at least 4 members (excludes halogenated alkanes) is 3. The van der Waals surface area contributed by atoms with Crippen LogP contribution in [0.4, 0.5) is 4.79 Å². The van der Waals surface area contributed by atoms with Crippen LogP contribution in [0.25, 0.3) is 0 Å². The minimum absolute atomic E-state index is 0.00519. The number of primary amides is 1. The molecule has 0 saturated carbocycles. The van der Waals surface area contributed by atoms with Gasteiger partial charge >= 0.3 is 6.09 Å². The minimum Gasteiger partial charge on any atom is -0.444 e. The molecule has 0 saturated heterocycles. The highest BCUT2D eigenvalue weighted by molar-refractivity contribution is 5.92. The summed E-state index contributed by atoms with van der Waals surface area (Å²) in [6, 6.07) is 5.52. The number of alkyl carbamates (subject to hydrolysis) is 1. The molecule has 0 aliphatic rings. The molecule has 4 amide bonds. The van der Waals surface area contributed by atoms with Gasteiger partial charge < -0.3 is 26.0 Å². The minimum atomic E-state index is -1.08. The first-order valence-electron chi connectivity index (χ1n) is 13.3. The van der Waals surface area contributed by atoms with E-state index in [4.69, 9.17) is 10.5 Å². The topological polar surface area (TPSA) is 131 Å². The predicted molar refractivity (Wildman–Crippen MR) is 145 cm³/mol. The smallest absolute Gasteiger partial charge is 0.408 e. The molecule has 2 atom stereocenters. The number of hydrogen-bond donors (Lipinski definition) is 3. The third kappa shape index (κ3) is 12.1. The molecule has 0 heterocycles. The van der Waals surface area contributed by atoms with Gasteiger partial charge in [-0.25, -0.2) is 4.79 Å². The fourth-order valence-corrected chi connectivity index (χ4v) is 3.79. The normalized spacial score (nSPS) is 12.8. The zero-order valence-electron chi connectivity index (χ0n) is 23.4. The van der Waals surface area contributed by atoms with E-state index in [0.29, 0.717) is 25.1 Å². The van der Waals surface area contributed by atoms with Crippen molar-refractivity contribution in [1.29, 1.82) is 0 Å². The van der Waals surface area contributed by atoms with E-state index in [9.17, 15) is 19.2 Å². The molecule has 37 heavy (non-hydrogen) atoms. The standard InChI is InChI=1S/C28H46N4O5/c1-7-9-11-18-30-25(34)24(21-14-12-20(3)13-15-21)32(19-10-8-2)26(35)22(16-17-23(29)33)31-27(36)37-28(4,5)6/h12-15,22,24H,7-11,16-19H2,1-6H3,(H2,29,33)(H,30,34)(H,31,36). The first kappa shape index (κ1) is 31.9. The number of nitrogens with two attached hydrogens (primary N) is 1. The van der Waals surface area contributed by atoms with Crippen LogP contribution >= 0.6 is 0 Å². The first-order chi connectivity index (χ1) is 17.4. The highest BCUT2D eigenvalue weighted by Gasteiger charge is 2.36. The second-order valence-electron chi connectivity index (χ2n) is 10.4. The maximum Gasteiger partial charge on any atom is 0.408 e. The molecule has 1 rings (SSSR count). The molecule has 0 fully saturated rings. The Balaban J connectivity index is 3.39. The first-order valence-corrected chi connectivity index (χ1v) is 13.3. The van der Waals surface area contributed by atoms with E-state index in [1.165, 1.54) is 4.90 Å². The molecule has 0 aliphatic carbocycles. The lowest BCUT2D eigenvalue weighted by Crippen LogP contribution is -2.53. The largest absolute Gasteiger partial charge is 0.444 e. The molecule has 1 aromatic rings. The van der Waals surface area contributed by atoms with Crippen LogP contribution in [0.3, 0.4) is 0 Å². The summed E-state index contributed by atoms with van der Waals surface area (Å²) in [6.07, 6.45) is 3.43. The SMILES string of the molecule is CCCCCNC(=O)C(c1ccc(C)cc1)N(CCCC)C(=O)C(CCC(N)=O)NC(=O)OC(C)(C)C. The Bertz CT molecular complexity index is 880. The van der Waals surface area contributed by atoms with Crippen molar-refractivity contribution in [2.45, 2.75) is 104 Å². The summed E-state index contributed by atoms with van der Waals surface area (Å²) in [5.41, 5.74) is 6.28. The van der Waals surface area contributed by atoms with Crippen LogP contribution in [0, 0.1) is 6.92 Å². The number of nitrogens with zero attached hydrogens (tertiary/aromatic N) is 1. The van der Waals surface area contributed by atoms with E-state index in [1.54, 1.807) is 20.8 Å². The second kappa shape index (κ2) is 15.9. The Morgan fingerprint density at radius 1 is 1.00 bits per heavy atom. The van der Waals surface area contributed by atoms with Crippen LogP contribution in [-0.2, 0) is 19.1 Å². The zero-order chi connectivity index (χ0) is 28.0. The molecular weight excluding hydrogens is 472 g/mol. The number of carbonyl (C=O) groups is 4. The van der Waals surface area contributed by atoms with E-state index < -0.39 is 35.6 Å². The van der Waals surface area contributed by atoms with E-state index in [0.717, 1.165) is 31.2 Å². The zero-order valence-corrected chi connectivity index (χ0v) is 23.4. The van der Waals surface area contributed by atoms with Crippen molar-refractivity contribution in [2.24, 2.45) is 5.73 Å². The number of aryl methyl sites for hydroxylation is 1. The van der Waals surface area contributed by atoms with Crippen molar-refractivity contribution in [3.63, 3.8) is 0 Å². The molecule has 4 N–H and O–H groups in total. The number of hydrogen-bond acceptors (Lipinski definition) is 5. The maximum atomic E-state index is 13.9. The molecular formula is C28H46N4O5. The van der Waals surface area contributed by atoms with Gasteiger partial charge in [-0.3, -0.25) is 14.4 Å². The van der Waals surface area contributed by atoms with Gasteiger partial charge in [-0.2, -0.15) is 0 Å². The molecule has 0 bridgehead atoms. The van der Waals surface area contributed by atoms with Crippen LogP contribution < -0.4 is 16.4 Å². The lowest BCUT2D eigenvalue weighted by Gasteiger charge is -2.34. The number of nitrogens with one attached hydrogen (secondary N) is 2. The average Bonchev–Trinajstić information content (AvgIpc) is 2.81. The summed E-state index contributed by atoms with van der Waals surface area (Å²) in [6.45, 7) is 12.0. The van der Waals surface area contributed by atoms with Crippen LogP contribution in [0.1, 0.15) is 96.7 Å². The van der Waals surface area contributed by atoms with Crippen molar-refractivity contribution in [3.05, 3.63) is 35.4 Å². The molecule has 9 heteroatoms. The average molecular weight is 519 g/mol. The van der Waals surface area contributed by atoms with E-state index in [1.807, 2.05) is 38.1 Å². The number of carbonyl (C=O) groups excluding carboxylic acids is 4. The monoisotopic (exact) mass is 518 g/mol. The van der Waals surface area contributed by atoms with Gasteiger partial charge in [-0.15, -0.1) is 0 Å². The van der Waals surface area contributed by atoms with Crippen molar-refractivity contribution < 1.29 is 23.9 Å². The molecule has 0 radical (unpaired) electrons. The molecule has 0 aromatic heterocycles. The van der Waals surface area contributed by atoms with Crippen LogP contribution in [-0.4, -0.2) is 53.4 Å².